The fraction of sp³-hybridized carbons (Fsp3) is 0.400. The highest BCUT2D eigenvalue weighted by Crippen LogP contribution is 2.40. The van der Waals surface area contributed by atoms with Crippen LogP contribution in [0.5, 0.6) is 0 Å². The van der Waals surface area contributed by atoms with E-state index >= 15 is 0 Å². The fourth-order valence-electron chi connectivity index (χ4n) is 2.39. The summed E-state index contributed by atoms with van der Waals surface area (Å²) in [5.41, 5.74) is 8.60. The molecule has 2 atom stereocenters. The number of hydrogen-bond donors (Lipinski definition) is 3. The molecule has 1 aromatic rings. The summed E-state index contributed by atoms with van der Waals surface area (Å²) < 4.78 is 0. The van der Waals surface area contributed by atoms with E-state index in [1.807, 2.05) is 6.07 Å². The maximum absolute atomic E-state index is 6.35. The Bertz CT molecular complexity index is 350. The second kappa shape index (κ2) is 2.25. The molecule has 13 heavy (non-hydrogen) atoms. The van der Waals surface area contributed by atoms with Gasteiger partial charge in [0.15, 0.2) is 0 Å². The summed E-state index contributed by atoms with van der Waals surface area (Å²) in [7, 11) is 0. The number of nitrogens with two attached hydrogens (primary N) is 1. The van der Waals surface area contributed by atoms with Gasteiger partial charge in [-0.05, 0) is 24.6 Å². The molecule has 2 aliphatic heterocycles. The van der Waals surface area contributed by atoms with E-state index in [1.54, 1.807) is 0 Å². The second-order valence-corrected chi connectivity index (χ2v) is 3.87. The summed E-state index contributed by atoms with van der Waals surface area (Å²) in [6.45, 7) is 1.00. The van der Waals surface area contributed by atoms with E-state index in [9.17, 15) is 0 Å². The molecule has 0 bridgehead atoms. The lowest BCUT2D eigenvalue weighted by atomic mass is 9.90. The smallest absolute Gasteiger partial charge is 0.0997 e. The van der Waals surface area contributed by atoms with Gasteiger partial charge in [0, 0.05) is 5.69 Å². The van der Waals surface area contributed by atoms with E-state index in [2.05, 4.69) is 28.8 Å². The first kappa shape index (κ1) is 7.35. The first-order valence-electron chi connectivity index (χ1n) is 4.69. The van der Waals surface area contributed by atoms with Gasteiger partial charge in [-0.1, -0.05) is 18.2 Å². The van der Waals surface area contributed by atoms with Gasteiger partial charge in [-0.2, -0.15) is 0 Å². The quantitative estimate of drug-likeness (QED) is 0.541. The van der Waals surface area contributed by atoms with Gasteiger partial charge in [-0.15, -0.1) is 0 Å². The van der Waals surface area contributed by atoms with Crippen LogP contribution >= 0.6 is 0 Å². The molecule has 1 saturated heterocycles. The Hall–Kier alpha value is -1.06. The molecule has 0 radical (unpaired) electrons. The van der Waals surface area contributed by atoms with Crippen molar-refractivity contribution < 1.29 is 0 Å². The van der Waals surface area contributed by atoms with Crippen molar-refractivity contribution in [2.45, 2.75) is 18.1 Å². The Balaban J connectivity index is 2.17. The van der Waals surface area contributed by atoms with Crippen molar-refractivity contribution in [2.24, 2.45) is 5.73 Å². The summed E-state index contributed by atoms with van der Waals surface area (Å²) in [5.74, 6) is 0. The molecule has 4 N–H and O–H groups in total. The van der Waals surface area contributed by atoms with Crippen LogP contribution in [0.4, 0.5) is 5.69 Å². The fourth-order valence-corrected chi connectivity index (χ4v) is 2.39. The van der Waals surface area contributed by atoms with Crippen LogP contribution in [0.1, 0.15) is 12.0 Å². The summed E-state index contributed by atoms with van der Waals surface area (Å²) in [5, 5.41) is 6.77. The van der Waals surface area contributed by atoms with Gasteiger partial charge in [-0.25, -0.2) is 0 Å². The molecule has 0 aliphatic carbocycles. The van der Waals surface area contributed by atoms with E-state index in [-0.39, 0.29) is 11.7 Å². The zero-order valence-corrected chi connectivity index (χ0v) is 7.38. The van der Waals surface area contributed by atoms with E-state index in [1.165, 1.54) is 11.3 Å². The number of nitrogens with one attached hydrogen (secondary N) is 2. The molecule has 2 aliphatic rings. The van der Waals surface area contributed by atoms with Crippen molar-refractivity contribution in [2.75, 3.05) is 11.9 Å². The lowest BCUT2D eigenvalue weighted by Gasteiger charge is -2.23. The van der Waals surface area contributed by atoms with Crippen molar-refractivity contribution in [3.8, 4) is 0 Å². The van der Waals surface area contributed by atoms with Crippen LogP contribution in [0.3, 0.4) is 0 Å². The van der Waals surface area contributed by atoms with Crippen LogP contribution in [0.2, 0.25) is 0 Å². The Kier molecular flexibility index (Phi) is 1.27. The Morgan fingerprint density at radius 1 is 1.38 bits per heavy atom. The molecule has 2 heterocycles. The third-order valence-electron chi connectivity index (χ3n) is 3.13. The predicted octanol–water partition coefficient (Wildman–Crippen LogP) is 0.585. The minimum absolute atomic E-state index is 0.184. The number of anilines is 1. The van der Waals surface area contributed by atoms with E-state index < -0.39 is 0 Å². The Labute approximate surface area is 77.3 Å². The maximum atomic E-state index is 6.35. The van der Waals surface area contributed by atoms with Crippen LogP contribution in [0.15, 0.2) is 24.3 Å². The normalized spacial score (nSPS) is 35.3. The van der Waals surface area contributed by atoms with Crippen molar-refractivity contribution in [3.05, 3.63) is 29.8 Å². The van der Waals surface area contributed by atoms with E-state index in [4.69, 9.17) is 5.73 Å². The second-order valence-electron chi connectivity index (χ2n) is 3.87. The third kappa shape index (κ3) is 0.806. The number of para-hydroxylation sites is 1. The van der Waals surface area contributed by atoms with Gasteiger partial charge >= 0.3 is 0 Å². The number of hydrogen-bond acceptors (Lipinski definition) is 3. The summed E-state index contributed by atoms with van der Waals surface area (Å²) in [4.78, 5) is 0. The zero-order valence-electron chi connectivity index (χ0n) is 7.38. The molecule has 3 nitrogen and oxygen atoms in total. The SMILES string of the molecule is N[C@]12CCN[C@H]1Nc1ccccc12. The largest absolute Gasteiger partial charge is 0.368 e. The highest BCUT2D eigenvalue weighted by atomic mass is 15.2. The van der Waals surface area contributed by atoms with Crippen LogP contribution < -0.4 is 16.4 Å². The average molecular weight is 175 g/mol. The molecule has 0 saturated carbocycles. The van der Waals surface area contributed by atoms with Crippen molar-refractivity contribution in [1.82, 2.24) is 5.32 Å². The highest BCUT2D eigenvalue weighted by Gasteiger charge is 2.46. The molecular weight excluding hydrogens is 162 g/mol. The summed E-state index contributed by atoms with van der Waals surface area (Å²) >= 11 is 0. The summed E-state index contributed by atoms with van der Waals surface area (Å²) in [6.07, 6.45) is 1.24. The summed E-state index contributed by atoms with van der Waals surface area (Å²) in [6, 6.07) is 8.30. The number of rotatable bonds is 0. The highest BCUT2D eigenvalue weighted by molar-refractivity contribution is 5.61. The van der Waals surface area contributed by atoms with E-state index in [0.29, 0.717) is 0 Å². The van der Waals surface area contributed by atoms with Crippen LogP contribution in [-0.4, -0.2) is 12.7 Å². The average Bonchev–Trinajstić information content (AvgIpc) is 2.60. The Morgan fingerprint density at radius 3 is 3.15 bits per heavy atom. The molecule has 1 fully saturated rings. The topological polar surface area (TPSA) is 50.1 Å². The first-order chi connectivity index (χ1) is 6.31. The van der Waals surface area contributed by atoms with Gasteiger partial charge in [0.2, 0.25) is 0 Å². The minimum atomic E-state index is -0.184. The molecule has 0 unspecified atom stereocenters. The van der Waals surface area contributed by atoms with Crippen molar-refractivity contribution in [3.63, 3.8) is 0 Å². The molecule has 0 aromatic heterocycles. The van der Waals surface area contributed by atoms with Gasteiger partial charge in [-0.3, -0.25) is 5.32 Å². The molecule has 68 valence electrons. The van der Waals surface area contributed by atoms with Crippen molar-refractivity contribution >= 4 is 5.69 Å². The zero-order chi connectivity index (χ0) is 8.89. The standard InChI is InChI=1S/C10H13N3/c11-10-5-6-12-9(10)13-8-4-2-1-3-7(8)10/h1-4,9,12-13H,5-6,11H2/t9-,10-/m0/s1. The van der Waals surface area contributed by atoms with Gasteiger partial charge in [0.25, 0.3) is 0 Å². The maximum Gasteiger partial charge on any atom is 0.0997 e. The molecule has 3 rings (SSSR count). The van der Waals surface area contributed by atoms with Crippen LogP contribution in [0.25, 0.3) is 0 Å². The van der Waals surface area contributed by atoms with E-state index in [0.717, 1.165) is 13.0 Å². The molecule has 0 spiro atoms. The van der Waals surface area contributed by atoms with Gasteiger partial charge in [0.05, 0.1) is 11.7 Å². The number of fused-ring (bicyclic) bond motifs is 3. The van der Waals surface area contributed by atoms with Crippen molar-refractivity contribution in [1.29, 1.82) is 0 Å². The molecule has 3 heteroatoms. The van der Waals surface area contributed by atoms with Gasteiger partial charge < -0.3 is 11.1 Å². The number of benzene rings is 1. The Morgan fingerprint density at radius 2 is 2.23 bits per heavy atom. The lowest BCUT2D eigenvalue weighted by molar-refractivity contribution is 0.437. The van der Waals surface area contributed by atoms with Gasteiger partial charge in [0.1, 0.15) is 0 Å². The predicted molar refractivity (Wildman–Crippen MR) is 52.3 cm³/mol. The first-order valence-corrected chi connectivity index (χ1v) is 4.69. The minimum Gasteiger partial charge on any atom is -0.368 e. The molecule has 1 aromatic carbocycles. The lowest BCUT2D eigenvalue weighted by Crippen LogP contribution is -2.47. The van der Waals surface area contributed by atoms with Crippen LogP contribution in [-0.2, 0) is 5.54 Å². The molecular formula is C10H13N3. The third-order valence-corrected chi connectivity index (χ3v) is 3.13. The monoisotopic (exact) mass is 175 g/mol. The van der Waals surface area contributed by atoms with Crippen LogP contribution in [0, 0.1) is 0 Å². The molecule has 0 amide bonds.